The maximum Gasteiger partial charge on any atom is 0.254 e. The molecule has 0 atom stereocenters. The summed E-state index contributed by atoms with van der Waals surface area (Å²) in [7, 11) is 0. The van der Waals surface area contributed by atoms with Gasteiger partial charge in [0.25, 0.3) is 5.91 Å². The van der Waals surface area contributed by atoms with Gasteiger partial charge >= 0.3 is 0 Å². The van der Waals surface area contributed by atoms with Crippen molar-refractivity contribution < 1.29 is 9.59 Å². The Balaban J connectivity index is 2.06. The van der Waals surface area contributed by atoms with Crippen LogP contribution in [0.5, 0.6) is 0 Å². The van der Waals surface area contributed by atoms with Gasteiger partial charge in [-0.2, -0.15) is 0 Å². The summed E-state index contributed by atoms with van der Waals surface area (Å²) < 4.78 is 0. The number of hydrogen-bond acceptors (Lipinski definition) is 2. The van der Waals surface area contributed by atoms with Crippen LogP contribution in [0.4, 0.5) is 0 Å². The van der Waals surface area contributed by atoms with E-state index in [1.807, 2.05) is 29.2 Å². The average Bonchev–Trinajstić information content (AvgIpc) is 2.53. The third-order valence-corrected chi connectivity index (χ3v) is 3.91. The summed E-state index contributed by atoms with van der Waals surface area (Å²) in [6.45, 7) is 1.54. The number of rotatable bonds is 2. The van der Waals surface area contributed by atoms with Gasteiger partial charge in [0.15, 0.2) is 0 Å². The average molecular weight is 281 g/mol. The summed E-state index contributed by atoms with van der Waals surface area (Å²) in [5.41, 5.74) is 6.14. The van der Waals surface area contributed by atoms with Gasteiger partial charge in [-0.3, -0.25) is 9.59 Å². The number of hydrogen-bond donors (Lipinski definition) is 1. The highest BCUT2D eigenvalue weighted by molar-refractivity contribution is 6.09. The van der Waals surface area contributed by atoms with Crippen LogP contribution < -0.4 is 5.73 Å². The molecular weight excluding hydrogens is 264 g/mol. The van der Waals surface area contributed by atoms with E-state index in [1.165, 1.54) is 0 Å². The van der Waals surface area contributed by atoms with Crippen LogP contribution in [0.25, 0.3) is 10.8 Å². The van der Waals surface area contributed by atoms with Gasteiger partial charge in [-0.15, -0.1) is 0 Å². The van der Waals surface area contributed by atoms with Crippen LogP contribution in [0.3, 0.4) is 0 Å². The van der Waals surface area contributed by atoms with Crippen LogP contribution in [0.2, 0.25) is 0 Å². The maximum absolute atomic E-state index is 12.6. The number of fused-ring (bicyclic) bond motifs is 1. The quantitative estimate of drug-likeness (QED) is 0.918. The summed E-state index contributed by atoms with van der Waals surface area (Å²) in [4.78, 5) is 26.0. The van der Waals surface area contributed by atoms with Crippen molar-refractivity contribution in [3.05, 3.63) is 47.5 Å². The Morgan fingerprint density at radius 3 is 2.52 bits per heavy atom. The molecule has 1 aliphatic heterocycles. The number of nitrogens with two attached hydrogens (primary N) is 1. The molecule has 2 N–H and O–H groups in total. The molecule has 2 aromatic rings. The lowest BCUT2D eigenvalue weighted by Gasteiger charge is -2.26. The highest BCUT2D eigenvalue weighted by atomic mass is 16.2. The van der Waals surface area contributed by atoms with E-state index in [1.54, 1.807) is 6.07 Å². The molecule has 0 aromatic heterocycles. The first kappa shape index (κ1) is 13.6. The monoisotopic (exact) mass is 281 g/mol. The van der Waals surface area contributed by atoms with E-state index >= 15 is 0 Å². The van der Waals surface area contributed by atoms with Crippen molar-refractivity contribution in [3.63, 3.8) is 0 Å². The molecule has 1 radical (unpaired) electrons. The van der Waals surface area contributed by atoms with Crippen LogP contribution in [0.15, 0.2) is 30.3 Å². The Hall–Kier alpha value is -2.36. The lowest BCUT2D eigenvalue weighted by Crippen LogP contribution is -2.35. The van der Waals surface area contributed by atoms with E-state index in [0.717, 1.165) is 43.1 Å². The van der Waals surface area contributed by atoms with E-state index < -0.39 is 5.91 Å². The maximum atomic E-state index is 12.6. The molecule has 107 valence electrons. The standard InChI is InChI=1S/C17H17N2O2/c18-16(20)15-11-13(10-12-6-2-3-7-14(12)15)17(21)19-8-4-1-5-9-19/h2-3,6-7,10H,1,4-5,8-9H2,(H2,18,20). The number of primary amides is 1. The third kappa shape index (κ3) is 2.61. The molecular formula is C17H17N2O2. The predicted octanol–water partition coefficient (Wildman–Crippen LogP) is 2.36. The number of benzene rings is 2. The van der Waals surface area contributed by atoms with Crippen molar-refractivity contribution in [2.75, 3.05) is 13.1 Å². The molecule has 1 aliphatic rings. The second-order valence-electron chi connectivity index (χ2n) is 5.36. The molecule has 0 unspecified atom stereocenters. The van der Waals surface area contributed by atoms with Crippen LogP contribution >= 0.6 is 0 Å². The highest BCUT2D eigenvalue weighted by Gasteiger charge is 2.20. The minimum absolute atomic E-state index is 0.0667. The molecule has 4 heteroatoms. The van der Waals surface area contributed by atoms with Crippen LogP contribution in [0, 0.1) is 6.07 Å². The van der Waals surface area contributed by atoms with Gasteiger partial charge in [0.05, 0.1) is 5.56 Å². The van der Waals surface area contributed by atoms with Gasteiger partial charge in [0.1, 0.15) is 0 Å². The van der Waals surface area contributed by atoms with Crippen LogP contribution in [-0.2, 0) is 0 Å². The lowest BCUT2D eigenvalue weighted by atomic mass is 9.99. The molecule has 0 saturated carbocycles. The Morgan fingerprint density at radius 1 is 1.10 bits per heavy atom. The highest BCUT2D eigenvalue weighted by Crippen LogP contribution is 2.22. The summed E-state index contributed by atoms with van der Waals surface area (Å²) >= 11 is 0. The van der Waals surface area contributed by atoms with E-state index in [-0.39, 0.29) is 11.5 Å². The molecule has 4 nitrogen and oxygen atoms in total. The normalized spacial score (nSPS) is 15.1. The molecule has 0 aliphatic carbocycles. The predicted molar refractivity (Wildman–Crippen MR) is 81.1 cm³/mol. The first-order chi connectivity index (χ1) is 10.2. The van der Waals surface area contributed by atoms with E-state index in [0.29, 0.717) is 5.56 Å². The zero-order chi connectivity index (χ0) is 14.8. The number of carbonyl (C=O) groups is 2. The van der Waals surface area contributed by atoms with Gasteiger partial charge in [-0.25, -0.2) is 0 Å². The molecule has 2 aromatic carbocycles. The zero-order valence-corrected chi connectivity index (χ0v) is 11.8. The van der Waals surface area contributed by atoms with Crippen molar-refractivity contribution in [1.82, 2.24) is 4.90 Å². The smallest absolute Gasteiger partial charge is 0.254 e. The van der Waals surface area contributed by atoms with Gasteiger partial charge in [-0.05, 0) is 36.1 Å². The van der Waals surface area contributed by atoms with Crippen molar-refractivity contribution in [3.8, 4) is 0 Å². The molecule has 21 heavy (non-hydrogen) atoms. The molecule has 3 rings (SSSR count). The van der Waals surface area contributed by atoms with Gasteiger partial charge in [0.2, 0.25) is 5.91 Å². The Kier molecular flexibility index (Phi) is 3.60. The fourth-order valence-electron chi connectivity index (χ4n) is 2.82. The van der Waals surface area contributed by atoms with Gasteiger partial charge < -0.3 is 10.6 Å². The molecule has 2 amide bonds. The molecule has 1 heterocycles. The largest absolute Gasteiger partial charge is 0.366 e. The Labute approximate surface area is 123 Å². The van der Waals surface area contributed by atoms with Crippen LogP contribution in [0.1, 0.15) is 40.0 Å². The zero-order valence-electron chi connectivity index (χ0n) is 11.8. The third-order valence-electron chi connectivity index (χ3n) is 3.91. The second kappa shape index (κ2) is 5.56. The van der Waals surface area contributed by atoms with E-state index in [9.17, 15) is 9.59 Å². The minimum atomic E-state index is -0.556. The number of carbonyl (C=O) groups excluding carboxylic acids is 2. The Bertz CT molecular complexity index is 703. The number of nitrogens with zero attached hydrogens (tertiary/aromatic N) is 1. The topological polar surface area (TPSA) is 63.4 Å². The van der Waals surface area contributed by atoms with E-state index in [2.05, 4.69) is 6.07 Å². The molecule has 0 spiro atoms. The Morgan fingerprint density at radius 2 is 1.81 bits per heavy atom. The van der Waals surface area contributed by atoms with Crippen molar-refractivity contribution in [1.29, 1.82) is 0 Å². The molecule has 0 bridgehead atoms. The summed E-state index contributed by atoms with van der Waals surface area (Å²) in [5.74, 6) is -0.623. The first-order valence-electron chi connectivity index (χ1n) is 7.21. The summed E-state index contributed by atoms with van der Waals surface area (Å²) in [6, 6.07) is 12.1. The van der Waals surface area contributed by atoms with Gasteiger partial charge in [0, 0.05) is 24.7 Å². The second-order valence-corrected chi connectivity index (χ2v) is 5.36. The van der Waals surface area contributed by atoms with Crippen molar-refractivity contribution in [2.45, 2.75) is 19.3 Å². The van der Waals surface area contributed by atoms with E-state index in [4.69, 9.17) is 5.73 Å². The number of likely N-dealkylation sites (tertiary alicyclic amines) is 1. The van der Waals surface area contributed by atoms with Crippen molar-refractivity contribution >= 4 is 22.6 Å². The number of amides is 2. The fourth-order valence-corrected chi connectivity index (χ4v) is 2.82. The van der Waals surface area contributed by atoms with Crippen molar-refractivity contribution in [2.24, 2.45) is 5.73 Å². The molecule has 1 fully saturated rings. The van der Waals surface area contributed by atoms with Gasteiger partial charge in [-0.1, -0.05) is 24.3 Å². The SMILES string of the molecule is NC(=O)c1[c]c(C(=O)N2CCCCC2)cc2ccccc12. The molecule has 1 saturated heterocycles. The lowest BCUT2D eigenvalue weighted by molar-refractivity contribution is 0.0724. The fraction of sp³-hybridized carbons (Fsp3) is 0.294. The first-order valence-corrected chi connectivity index (χ1v) is 7.21. The summed E-state index contributed by atoms with van der Waals surface area (Å²) in [6.07, 6.45) is 3.22. The number of piperidine rings is 1. The minimum Gasteiger partial charge on any atom is -0.366 e. The van der Waals surface area contributed by atoms with Crippen LogP contribution in [-0.4, -0.2) is 29.8 Å². The summed E-state index contributed by atoms with van der Waals surface area (Å²) in [5, 5.41) is 1.57.